The minimum Gasteiger partial charge on any atom is -0.508 e. The summed E-state index contributed by atoms with van der Waals surface area (Å²) in [5.41, 5.74) is 0.139. The molecule has 2 heterocycles. The summed E-state index contributed by atoms with van der Waals surface area (Å²) in [5, 5.41) is 13.1. The van der Waals surface area contributed by atoms with Crippen LogP contribution in [-0.2, 0) is 31.6 Å². The van der Waals surface area contributed by atoms with Crippen LogP contribution >= 0.6 is 0 Å². The van der Waals surface area contributed by atoms with E-state index in [1.165, 1.54) is 6.92 Å². The molecule has 0 radical (unpaired) electrons. The summed E-state index contributed by atoms with van der Waals surface area (Å²) < 4.78 is 6.14. The van der Waals surface area contributed by atoms with E-state index in [0.717, 1.165) is 0 Å². The normalized spacial score (nSPS) is 30.5. The van der Waals surface area contributed by atoms with E-state index in [9.17, 15) is 9.90 Å². The second-order valence-electron chi connectivity index (χ2n) is 8.64. The van der Waals surface area contributed by atoms with Crippen LogP contribution in [0.5, 0.6) is 5.75 Å². The van der Waals surface area contributed by atoms with Gasteiger partial charge in [0.05, 0.1) is 6.61 Å². The van der Waals surface area contributed by atoms with Gasteiger partial charge in [-0.3, -0.25) is 4.79 Å². The third-order valence-corrected chi connectivity index (χ3v) is 5.39. The zero-order valence-corrected chi connectivity index (χ0v) is 15.7. The van der Waals surface area contributed by atoms with Gasteiger partial charge in [0.2, 0.25) is 5.91 Å². The van der Waals surface area contributed by atoms with E-state index >= 15 is 0 Å². The number of aromatic hydroxyl groups is 1. The molecule has 1 amide bonds. The van der Waals surface area contributed by atoms with E-state index in [-0.39, 0.29) is 29.0 Å². The predicted octanol–water partition coefficient (Wildman–Crippen LogP) is 2.98. The van der Waals surface area contributed by atoms with E-state index in [1.54, 1.807) is 12.1 Å². The number of phenolic OH excluding ortho intramolecular Hbond substituents is 1. The van der Waals surface area contributed by atoms with Crippen LogP contribution in [0.25, 0.3) is 0 Å². The number of nitrogens with one attached hydrogen (secondary N) is 1. The highest BCUT2D eigenvalue weighted by Crippen LogP contribution is 2.69. The lowest BCUT2D eigenvalue weighted by molar-refractivity contribution is -0.626. The first-order valence-corrected chi connectivity index (χ1v) is 8.54. The number of ether oxygens (including phenoxy) is 1. The molecular weight excluding hydrogens is 322 g/mol. The average Bonchev–Trinajstić information content (AvgIpc) is 2.59. The molecule has 3 rings (SSSR count). The highest BCUT2D eigenvalue weighted by molar-refractivity contribution is 5.72. The van der Waals surface area contributed by atoms with Crippen LogP contribution in [0.1, 0.15) is 52.7 Å². The van der Waals surface area contributed by atoms with Crippen molar-refractivity contribution in [1.82, 2.24) is 5.32 Å². The van der Waals surface area contributed by atoms with Crippen molar-refractivity contribution in [2.75, 3.05) is 6.61 Å². The fourth-order valence-corrected chi connectivity index (χ4v) is 4.37. The molecule has 6 heteroatoms. The van der Waals surface area contributed by atoms with Crippen molar-refractivity contribution in [3.63, 3.8) is 0 Å². The molecule has 2 atom stereocenters. The van der Waals surface area contributed by atoms with Gasteiger partial charge in [-0.25, -0.2) is 4.89 Å². The summed E-state index contributed by atoms with van der Waals surface area (Å²) in [6.45, 7) is 12.7. The molecule has 0 bridgehead atoms. The third-order valence-electron chi connectivity index (χ3n) is 5.39. The Morgan fingerprint density at radius 2 is 1.96 bits per heavy atom. The van der Waals surface area contributed by atoms with Crippen molar-refractivity contribution in [2.45, 2.75) is 59.5 Å². The highest BCUT2D eigenvalue weighted by atomic mass is 17.3. The van der Waals surface area contributed by atoms with Gasteiger partial charge in [0.1, 0.15) is 5.75 Å². The van der Waals surface area contributed by atoms with Gasteiger partial charge in [-0.15, -0.1) is 0 Å². The van der Waals surface area contributed by atoms with Crippen molar-refractivity contribution in [3.05, 3.63) is 29.3 Å². The third kappa shape index (κ3) is 2.31. The van der Waals surface area contributed by atoms with Crippen LogP contribution in [0.4, 0.5) is 0 Å². The number of amides is 1. The highest BCUT2D eigenvalue weighted by Gasteiger charge is 2.81. The second-order valence-corrected chi connectivity index (χ2v) is 8.64. The van der Waals surface area contributed by atoms with Crippen molar-refractivity contribution in [2.24, 2.45) is 10.8 Å². The first kappa shape index (κ1) is 18.2. The van der Waals surface area contributed by atoms with Crippen LogP contribution < -0.4 is 5.32 Å². The topological polar surface area (TPSA) is 77.0 Å². The summed E-state index contributed by atoms with van der Waals surface area (Å²) in [6, 6.07) is 5.28. The zero-order chi connectivity index (χ0) is 18.7. The standard InChI is InChI=1S/C19H27NO5/c1-12(21)20-10-13-7-8-14(9-15(13)22)18-19(25-24-18,16(2,3)4)17(5,6)11-23-18/h7-9,22H,10-11H2,1-6H3,(H,20,21). The van der Waals surface area contributed by atoms with Gasteiger partial charge in [0, 0.05) is 35.4 Å². The Bertz CT molecular complexity index is 708. The maximum Gasteiger partial charge on any atom is 0.261 e. The minimum absolute atomic E-state index is 0.0900. The molecule has 2 saturated heterocycles. The molecule has 25 heavy (non-hydrogen) atoms. The van der Waals surface area contributed by atoms with Crippen LogP contribution in [0.3, 0.4) is 0 Å². The zero-order valence-electron chi connectivity index (χ0n) is 15.7. The Morgan fingerprint density at radius 3 is 2.44 bits per heavy atom. The molecule has 6 nitrogen and oxygen atoms in total. The van der Waals surface area contributed by atoms with Crippen molar-refractivity contribution in [1.29, 1.82) is 0 Å². The number of phenols is 1. The molecule has 0 spiro atoms. The Labute approximate surface area is 148 Å². The van der Waals surface area contributed by atoms with Gasteiger partial charge in [-0.05, 0) is 6.07 Å². The van der Waals surface area contributed by atoms with Gasteiger partial charge in [0.25, 0.3) is 5.79 Å². The quantitative estimate of drug-likeness (QED) is 0.821. The van der Waals surface area contributed by atoms with Crippen LogP contribution in [0, 0.1) is 10.8 Å². The van der Waals surface area contributed by atoms with Crippen molar-refractivity contribution < 1.29 is 24.4 Å². The van der Waals surface area contributed by atoms with E-state index < -0.39 is 11.4 Å². The molecule has 1 aromatic rings. The SMILES string of the molecule is CC(=O)NCc1ccc(C23OCC(C)(C)C2(C(C)(C)C)OO3)cc1O. The maximum atomic E-state index is 11.1. The fraction of sp³-hybridized carbons (Fsp3) is 0.632. The Hall–Kier alpha value is -1.63. The second kappa shape index (κ2) is 5.43. The van der Waals surface area contributed by atoms with Crippen LogP contribution in [0.15, 0.2) is 18.2 Å². The molecule has 138 valence electrons. The summed E-state index contributed by atoms with van der Waals surface area (Å²) in [4.78, 5) is 22.4. The Balaban J connectivity index is 2.01. The van der Waals surface area contributed by atoms with Gasteiger partial charge in [0.15, 0.2) is 5.60 Å². The number of hydrogen-bond acceptors (Lipinski definition) is 5. The van der Waals surface area contributed by atoms with Gasteiger partial charge >= 0.3 is 0 Å². The van der Waals surface area contributed by atoms with Crippen molar-refractivity contribution in [3.8, 4) is 5.75 Å². The fourth-order valence-electron chi connectivity index (χ4n) is 4.37. The molecular formula is C19H27NO5. The monoisotopic (exact) mass is 349 g/mol. The van der Waals surface area contributed by atoms with E-state index in [4.69, 9.17) is 14.5 Å². The number of carbonyl (C=O) groups excluding carboxylic acids is 1. The summed E-state index contributed by atoms with van der Waals surface area (Å²) in [7, 11) is 0. The molecule has 2 N–H and O–H groups in total. The minimum atomic E-state index is -1.06. The number of carbonyl (C=O) groups is 1. The molecule has 2 aliphatic heterocycles. The Morgan fingerprint density at radius 1 is 1.28 bits per heavy atom. The van der Waals surface area contributed by atoms with Crippen molar-refractivity contribution >= 4 is 5.91 Å². The lowest BCUT2D eigenvalue weighted by Crippen LogP contribution is -2.73. The molecule has 1 aromatic carbocycles. The Kier molecular flexibility index (Phi) is 3.95. The average molecular weight is 349 g/mol. The number of fused-ring (bicyclic) bond motifs is 1. The smallest absolute Gasteiger partial charge is 0.261 e. The lowest BCUT2D eigenvalue weighted by atomic mass is 9.57. The van der Waals surface area contributed by atoms with Gasteiger partial charge < -0.3 is 15.2 Å². The molecule has 2 fully saturated rings. The molecule has 2 unspecified atom stereocenters. The number of rotatable bonds is 3. The predicted molar refractivity (Wildman–Crippen MR) is 91.4 cm³/mol. The molecule has 0 aliphatic carbocycles. The summed E-state index contributed by atoms with van der Waals surface area (Å²) in [5.74, 6) is -1.11. The van der Waals surface area contributed by atoms with Gasteiger partial charge in [-0.2, -0.15) is 4.89 Å². The van der Waals surface area contributed by atoms with E-state index in [2.05, 4.69) is 39.9 Å². The molecule has 0 aromatic heterocycles. The molecule has 2 aliphatic rings. The summed E-state index contributed by atoms with van der Waals surface area (Å²) >= 11 is 0. The van der Waals surface area contributed by atoms with Crippen LogP contribution in [-0.4, -0.2) is 23.2 Å². The summed E-state index contributed by atoms with van der Waals surface area (Å²) in [6.07, 6.45) is 0. The molecule has 0 saturated carbocycles. The van der Waals surface area contributed by atoms with Gasteiger partial charge in [-0.1, -0.05) is 46.8 Å². The van der Waals surface area contributed by atoms with Crippen LogP contribution in [0.2, 0.25) is 0 Å². The maximum absolute atomic E-state index is 11.1. The van der Waals surface area contributed by atoms with E-state index in [0.29, 0.717) is 17.7 Å². The largest absolute Gasteiger partial charge is 0.508 e. The van der Waals surface area contributed by atoms with E-state index in [1.807, 2.05) is 6.07 Å². The first-order chi connectivity index (χ1) is 11.5. The lowest BCUT2D eigenvalue weighted by Gasteiger charge is -2.61. The number of benzene rings is 1. The first-order valence-electron chi connectivity index (χ1n) is 8.54. The number of hydrogen-bond donors (Lipinski definition) is 2.